The Labute approximate surface area is 210 Å². The summed E-state index contributed by atoms with van der Waals surface area (Å²) in [6.07, 6.45) is 1.54. The highest BCUT2D eigenvalue weighted by Gasteiger charge is 2.36. The third-order valence-electron chi connectivity index (χ3n) is 4.77. The van der Waals surface area contributed by atoms with E-state index in [1.54, 1.807) is 60.7 Å². The molecule has 1 aliphatic heterocycles. The van der Waals surface area contributed by atoms with Gasteiger partial charge in [-0.25, -0.2) is 0 Å². The van der Waals surface area contributed by atoms with Crippen LogP contribution in [0.3, 0.4) is 0 Å². The maximum atomic E-state index is 12.9. The molecule has 3 aromatic rings. The summed E-state index contributed by atoms with van der Waals surface area (Å²) in [6.45, 7) is -0.130. The molecule has 1 fully saturated rings. The molecule has 0 radical (unpaired) electrons. The summed E-state index contributed by atoms with van der Waals surface area (Å²) < 4.78 is 5.92. The molecule has 1 aliphatic rings. The molecule has 0 aromatic heterocycles. The number of thioether (sulfide) groups is 1. The van der Waals surface area contributed by atoms with E-state index in [0.29, 0.717) is 27.0 Å². The van der Waals surface area contributed by atoms with E-state index in [4.69, 9.17) is 27.9 Å². The van der Waals surface area contributed by atoms with Gasteiger partial charge in [-0.15, -0.1) is 0 Å². The molecule has 0 aliphatic carbocycles. The predicted molar refractivity (Wildman–Crippen MR) is 135 cm³/mol. The smallest absolute Gasteiger partial charge is 0.294 e. The van der Waals surface area contributed by atoms with Gasteiger partial charge in [0.25, 0.3) is 11.1 Å². The summed E-state index contributed by atoms with van der Waals surface area (Å²) in [7, 11) is 0. The number of hydrogen-bond donors (Lipinski definition) is 1. The lowest BCUT2D eigenvalue weighted by molar-refractivity contribution is -0.127. The molecule has 9 heteroatoms. The number of hydrogen-bond acceptors (Lipinski definition) is 5. The van der Waals surface area contributed by atoms with Crippen molar-refractivity contribution in [1.82, 2.24) is 4.90 Å². The van der Waals surface area contributed by atoms with Crippen LogP contribution in [0, 0.1) is 0 Å². The summed E-state index contributed by atoms with van der Waals surface area (Å²) in [5, 5.41) is 3.19. The topological polar surface area (TPSA) is 75.7 Å². The van der Waals surface area contributed by atoms with E-state index >= 15 is 0 Å². The maximum absolute atomic E-state index is 12.9. The first-order chi connectivity index (χ1) is 16.4. The van der Waals surface area contributed by atoms with Gasteiger partial charge in [-0.3, -0.25) is 19.3 Å². The Morgan fingerprint density at radius 3 is 2.50 bits per heavy atom. The molecule has 0 atom stereocenters. The molecule has 0 saturated carbocycles. The molecule has 4 rings (SSSR count). The van der Waals surface area contributed by atoms with E-state index in [9.17, 15) is 14.4 Å². The average Bonchev–Trinajstić information content (AvgIpc) is 3.06. The Morgan fingerprint density at radius 2 is 1.74 bits per heavy atom. The minimum absolute atomic E-state index is 0.174. The summed E-state index contributed by atoms with van der Waals surface area (Å²) in [5.74, 6) is -0.542. The monoisotopic (exact) mass is 512 g/mol. The Balaban J connectivity index is 1.49. The lowest BCUT2D eigenvalue weighted by atomic mass is 10.1. The van der Waals surface area contributed by atoms with Crippen molar-refractivity contribution < 1.29 is 19.1 Å². The molecule has 1 N–H and O–H groups in total. The average molecular weight is 513 g/mol. The molecule has 0 unspecified atom stereocenters. The molecule has 3 amide bonds. The lowest BCUT2D eigenvalue weighted by Crippen LogP contribution is -2.36. The Hall–Kier alpha value is -3.26. The first kappa shape index (κ1) is 23.9. The highest BCUT2D eigenvalue weighted by Crippen LogP contribution is 2.35. The van der Waals surface area contributed by atoms with Gasteiger partial charge in [-0.2, -0.15) is 0 Å². The fraction of sp³-hybridized carbons (Fsp3) is 0.0800. The van der Waals surface area contributed by atoms with Crippen molar-refractivity contribution in [2.75, 3.05) is 11.9 Å². The van der Waals surface area contributed by atoms with Crippen molar-refractivity contribution in [2.24, 2.45) is 0 Å². The largest absolute Gasteiger partial charge is 0.488 e. The molecule has 0 spiro atoms. The van der Waals surface area contributed by atoms with Gasteiger partial charge in [0, 0.05) is 21.3 Å². The molecule has 6 nitrogen and oxygen atoms in total. The number of carbonyl (C=O) groups excluding carboxylic acids is 3. The number of rotatable bonds is 7. The zero-order valence-corrected chi connectivity index (χ0v) is 20.0. The third-order valence-corrected chi connectivity index (χ3v) is 6.15. The number of halogens is 2. The highest BCUT2D eigenvalue weighted by atomic mass is 35.5. The first-order valence-electron chi connectivity index (χ1n) is 10.2. The van der Waals surface area contributed by atoms with Gasteiger partial charge >= 0.3 is 0 Å². The van der Waals surface area contributed by atoms with Crippen LogP contribution >= 0.6 is 35.0 Å². The standard InChI is InChI=1S/C25H18Cl2N2O4S/c26-18-6-4-5-16(11-18)15-33-21-10-9-19(27)12-17(21)13-22-24(31)29(25(32)34-22)14-23(30)28-20-7-2-1-3-8-20/h1-13H,14-15H2,(H,28,30)/b22-13+. The Bertz CT molecular complexity index is 1280. The van der Waals surface area contributed by atoms with E-state index in [2.05, 4.69) is 5.32 Å². The summed E-state index contributed by atoms with van der Waals surface area (Å²) in [4.78, 5) is 38.7. The van der Waals surface area contributed by atoms with Crippen LogP contribution in [0.1, 0.15) is 11.1 Å². The van der Waals surface area contributed by atoms with Crippen molar-refractivity contribution in [3.63, 3.8) is 0 Å². The lowest BCUT2D eigenvalue weighted by Gasteiger charge is -2.12. The van der Waals surface area contributed by atoms with Gasteiger partial charge in [0.15, 0.2) is 0 Å². The van der Waals surface area contributed by atoms with Crippen LogP contribution < -0.4 is 10.1 Å². The zero-order valence-electron chi connectivity index (χ0n) is 17.7. The molecule has 0 bridgehead atoms. The number of ether oxygens (including phenoxy) is 1. The van der Waals surface area contributed by atoms with Crippen LogP contribution in [0.25, 0.3) is 6.08 Å². The van der Waals surface area contributed by atoms with Gasteiger partial charge in [0.05, 0.1) is 4.91 Å². The van der Waals surface area contributed by atoms with Gasteiger partial charge in [-0.05, 0) is 65.9 Å². The van der Waals surface area contributed by atoms with Crippen LogP contribution in [0.15, 0.2) is 77.7 Å². The van der Waals surface area contributed by atoms with E-state index in [0.717, 1.165) is 22.2 Å². The van der Waals surface area contributed by atoms with Crippen LogP contribution in [-0.2, 0) is 16.2 Å². The number of imide groups is 1. The van der Waals surface area contributed by atoms with Gasteiger partial charge in [0.2, 0.25) is 5.91 Å². The third kappa shape index (κ3) is 5.99. The molecule has 34 heavy (non-hydrogen) atoms. The van der Waals surface area contributed by atoms with Crippen LogP contribution in [0.5, 0.6) is 5.75 Å². The first-order valence-corrected chi connectivity index (χ1v) is 11.7. The molecule has 1 saturated heterocycles. The van der Waals surface area contributed by atoms with Gasteiger partial charge in [0.1, 0.15) is 18.9 Å². The predicted octanol–water partition coefficient (Wildman–Crippen LogP) is 6.25. The number of anilines is 1. The van der Waals surface area contributed by atoms with Crippen LogP contribution in [-0.4, -0.2) is 28.5 Å². The minimum atomic E-state index is -0.557. The number of nitrogens with one attached hydrogen (secondary N) is 1. The number of amides is 3. The number of para-hydroxylation sites is 1. The van der Waals surface area contributed by atoms with Gasteiger partial charge < -0.3 is 10.1 Å². The number of nitrogens with zero attached hydrogens (tertiary/aromatic N) is 1. The molecular formula is C25H18Cl2N2O4S. The second kappa shape index (κ2) is 10.8. The number of carbonyl (C=O) groups is 3. The molecular weight excluding hydrogens is 495 g/mol. The minimum Gasteiger partial charge on any atom is -0.488 e. The van der Waals surface area contributed by atoms with Crippen LogP contribution in [0.4, 0.5) is 10.5 Å². The fourth-order valence-corrected chi connectivity index (χ4v) is 4.42. The SMILES string of the molecule is O=C(CN1C(=O)S/C(=C/c2cc(Cl)ccc2OCc2cccc(Cl)c2)C1=O)Nc1ccccc1. The zero-order chi connectivity index (χ0) is 24.1. The van der Waals surface area contributed by atoms with Crippen molar-refractivity contribution in [1.29, 1.82) is 0 Å². The van der Waals surface area contributed by atoms with Crippen molar-refractivity contribution in [3.8, 4) is 5.75 Å². The van der Waals surface area contributed by atoms with Crippen molar-refractivity contribution >= 4 is 63.8 Å². The quantitative estimate of drug-likeness (QED) is 0.378. The van der Waals surface area contributed by atoms with Crippen LogP contribution in [0.2, 0.25) is 10.0 Å². The van der Waals surface area contributed by atoms with E-state index in [1.807, 2.05) is 18.2 Å². The summed E-state index contributed by atoms with van der Waals surface area (Å²) >= 11 is 12.9. The van der Waals surface area contributed by atoms with Crippen molar-refractivity contribution in [2.45, 2.75) is 6.61 Å². The highest BCUT2D eigenvalue weighted by molar-refractivity contribution is 8.18. The second-order valence-corrected chi connectivity index (χ2v) is 9.15. The molecule has 172 valence electrons. The number of benzene rings is 3. The van der Waals surface area contributed by atoms with E-state index < -0.39 is 17.1 Å². The molecule has 1 heterocycles. The summed E-state index contributed by atoms with van der Waals surface area (Å²) in [5.41, 5.74) is 1.99. The van der Waals surface area contributed by atoms with Gasteiger partial charge in [-0.1, -0.05) is 53.5 Å². The summed E-state index contributed by atoms with van der Waals surface area (Å²) in [6, 6.07) is 21.1. The van der Waals surface area contributed by atoms with E-state index in [-0.39, 0.29) is 18.1 Å². The second-order valence-electron chi connectivity index (χ2n) is 7.28. The Morgan fingerprint density at radius 1 is 0.971 bits per heavy atom. The van der Waals surface area contributed by atoms with Crippen molar-refractivity contribution in [3.05, 3.63) is 98.9 Å². The van der Waals surface area contributed by atoms with E-state index in [1.165, 1.54) is 0 Å². The maximum Gasteiger partial charge on any atom is 0.294 e. The normalized spacial score (nSPS) is 14.5. The molecule has 3 aromatic carbocycles. The fourth-order valence-electron chi connectivity index (χ4n) is 3.19. The Kier molecular flexibility index (Phi) is 7.57.